The van der Waals surface area contributed by atoms with Crippen molar-refractivity contribution >= 4 is 12.0 Å². The SMILES string of the molecule is CCC(C)C(NC(=O)N1CCC(C(C)O)CC1)C(=O)O. The molecule has 1 fully saturated rings. The molecule has 1 heterocycles. The van der Waals surface area contributed by atoms with E-state index in [1.807, 2.05) is 13.8 Å². The van der Waals surface area contributed by atoms with Crippen LogP contribution in [0.3, 0.4) is 0 Å². The first-order valence-corrected chi connectivity index (χ1v) is 7.33. The van der Waals surface area contributed by atoms with Crippen LogP contribution in [0.2, 0.25) is 0 Å². The van der Waals surface area contributed by atoms with Gasteiger partial charge in [0.1, 0.15) is 6.04 Å². The second kappa shape index (κ2) is 7.47. The fraction of sp³-hybridized carbons (Fsp3) is 0.857. The van der Waals surface area contributed by atoms with Crippen molar-refractivity contribution in [2.45, 2.75) is 52.2 Å². The van der Waals surface area contributed by atoms with Gasteiger partial charge in [-0.1, -0.05) is 20.3 Å². The van der Waals surface area contributed by atoms with Crippen LogP contribution >= 0.6 is 0 Å². The van der Waals surface area contributed by atoms with Gasteiger partial charge in [0.05, 0.1) is 6.10 Å². The van der Waals surface area contributed by atoms with Gasteiger partial charge in [-0.2, -0.15) is 0 Å². The van der Waals surface area contributed by atoms with Gasteiger partial charge in [-0.05, 0) is 31.6 Å². The Morgan fingerprint density at radius 1 is 1.30 bits per heavy atom. The molecule has 0 bridgehead atoms. The number of piperidine rings is 1. The third-order valence-electron chi connectivity index (χ3n) is 4.27. The predicted octanol–water partition coefficient (Wildman–Crippen LogP) is 1.29. The average Bonchev–Trinajstić information content (AvgIpc) is 2.43. The van der Waals surface area contributed by atoms with E-state index in [0.717, 1.165) is 12.8 Å². The van der Waals surface area contributed by atoms with Crippen LogP contribution in [0.15, 0.2) is 0 Å². The number of nitrogens with one attached hydrogen (secondary N) is 1. The van der Waals surface area contributed by atoms with E-state index in [4.69, 9.17) is 0 Å². The molecule has 0 aromatic rings. The predicted molar refractivity (Wildman–Crippen MR) is 75.4 cm³/mol. The zero-order valence-electron chi connectivity index (χ0n) is 12.5. The summed E-state index contributed by atoms with van der Waals surface area (Å²) in [6, 6.07) is -1.16. The molecule has 0 aromatic carbocycles. The highest BCUT2D eigenvalue weighted by Gasteiger charge is 2.30. The number of carbonyl (C=O) groups excluding carboxylic acids is 1. The lowest BCUT2D eigenvalue weighted by atomic mass is 9.92. The molecule has 3 atom stereocenters. The minimum atomic E-state index is -0.994. The Hall–Kier alpha value is -1.30. The van der Waals surface area contributed by atoms with E-state index in [-0.39, 0.29) is 24.0 Å². The summed E-state index contributed by atoms with van der Waals surface area (Å²) in [6.07, 6.45) is 1.85. The molecule has 0 radical (unpaired) electrons. The van der Waals surface area contributed by atoms with Gasteiger partial charge >= 0.3 is 12.0 Å². The van der Waals surface area contributed by atoms with Crippen LogP contribution in [0.25, 0.3) is 0 Å². The number of rotatable bonds is 5. The Labute approximate surface area is 120 Å². The molecule has 0 aliphatic carbocycles. The number of hydrogen-bond donors (Lipinski definition) is 3. The Kier molecular flexibility index (Phi) is 6.26. The maximum Gasteiger partial charge on any atom is 0.326 e. The lowest BCUT2D eigenvalue weighted by Gasteiger charge is -2.34. The van der Waals surface area contributed by atoms with E-state index in [1.54, 1.807) is 11.8 Å². The second-order valence-corrected chi connectivity index (χ2v) is 5.72. The molecule has 1 rings (SSSR count). The van der Waals surface area contributed by atoms with E-state index in [0.29, 0.717) is 19.5 Å². The van der Waals surface area contributed by atoms with Crippen LogP contribution in [0.1, 0.15) is 40.0 Å². The van der Waals surface area contributed by atoms with Crippen molar-refractivity contribution < 1.29 is 19.8 Å². The Balaban J connectivity index is 2.52. The zero-order valence-corrected chi connectivity index (χ0v) is 12.5. The molecule has 3 N–H and O–H groups in total. The minimum Gasteiger partial charge on any atom is -0.480 e. The van der Waals surface area contributed by atoms with Gasteiger partial charge in [-0.15, -0.1) is 0 Å². The van der Waals surface area contributed by atoms with E-state index < -0.39 is 12.0 Å². The number of urea groups is 1. The van der Waals surface area contributed by atoms with Crippen molar-refractivity contribution in [2.24, 2.45) is 11.8 Å². The molecule has 0 saturated carbocycles. The molecule has 6 heteroatoms. The third-order valence-corrected chi connectivity index (χ3v) is 4.27. The number of aliphatic hydroxyl groups is 1. The van der Waals surface area contributed by atoms with Crippen LogP contribution in [0.5, 0.6) is 0 Å². The smallest absolute Gasteiger partial charge is 0.326 e. The number of likely N-dealkylation sites (tertiary alicyclic amines) is 1. The van der Waals surface area contributed by atoms with Gasteiger partial charge < -0.3 is 20.4 Å². The van der Waals surface area contributed by atoms with E-state index in [2.05, 4.69) is 5.32 Å². The van der Waals surface area contributed by atoms with Crippen LogP contribution in [0, 0.1) is 11.8 Å². The number of carbonyl (C=O) groups is 2. The van der Waals surface area contributed by atoms with Crippen molar-refractivity contribution in [1.29, 1.82) is 0 Å². The lowest BCUT2D eigenvalue weighted by molar-refractivity contribution is -0.140. The van der Waals surface area contributed by atoms with Gasteiger partial charge in [0, 0.05) is 13.1 Å². The number of aliphatic carboxylic acids is 1. The molecule has 116 valence electrons. The average molecular weight is 286 g/mol. The van der Waals surface area contributed by atoms with Crippen LogP contribution in [0.4, 0.5) is 4.79 Å². The van der Waals surface area contributed by atoms with E-state index in [9.17, 15) is 19.8 Å². The van der Waals surface area contributed by atoms with Crippen LogP contribution in [-0.2, 0) is 4.79 Å². The molecular weight excluding hydrogens is 260 g/mol. The molecule has 0 aromatic heterocycles. The maximum absolute atomic E-state index is 12.1. The molecule has 1 saturated heterocycles. The summed E-state index contributed by atoms with van der Waals surface area (Å²) >= 11 is 0. The van der Waals surface area contributed by atoms with Crippen molar-refractivity contribution in [3.63, 3.8) is 0 Å². The number of hydrogen-bond acceptors (Lipinski definition) is 3. The van der Waals surface area contributed by atoms with Crippen molar-refractivity contribution in [2.75, 3.05) is 13.1 Å². The van der Waals surface area contributed by atoms with Crippen LogP contribution < -0.4 is 5.32 Å². The van der Waals surface area contributed by atoms with E-state index >= 15 is 0 Å². The quantitative estimate of drug-likeness (QED) is 0.710. The fourth-order valence-corrected chi connectivity index (χ4v) is 2.49. The molecular formula is C14H26N2O4. The summed E-state index contributed by atoms with van der Waals surface area (Å²) in [5, 5.41) is 21.3. The van der Waals surface area contributed by atoms with Gasteiger partial charge in [-0.3, -0.25) is 0 Å². The number of amides is 2. The molecule has 20 heavy (non-hydrogen) atoms. The van der Waals surface area contributed by atoms with Crippen LogP contribution in [-0.4, -0.2) is 52.3 Å². The topological polar surface area (TPSA) is 89.9 Å². The summed E-state index contributed by atoms with van der Waals surface area (Å²) in [6.45, 7) is 6.62. The largest absolute Gasteiger partial charge is 0.480 e. The highest BCUT2D eigenvalue weighted by atomic mass is 16.4. The van der Waals surface area contributed by atoms with Crippen molar-refractivity contribution in [1.82, 2.24) is 10.2 Å². The minimum absolute atomic E-state index is 0.105. The number of nitrogens with zero attached hydrogens (tertiary/aromatic N) is 1. The highest BCUT2D eigenvalue weighted by molar-refractivity contribution is 5.82. The van der Waals surface area contributed by atoms with Gasteiger partial charge in [0.2, 0.25) is 0 Å². The summed E-state index contributed by atoms with van der Waals surface area (Å²) in [5.41, 5.74) is 0. The molecule has 2 amide bonds. The highest BCUT2D eigenvalue weighted by Crippen LogP contribution is 2.20. The van der Waals surface area contributed by atoms with Crippen molar-refractivity contribution in [3.05, 3.63) is 0 Å². The normalized spacial score (nSPS) is 21.1. The van der Waals surface area contributed by atoms with Gasteiger partial charge in [-0.25, -0.2) is 9.59 Å². The number of carboxylic acid groups (broad SMARTS) is 1. The summed E-state index contributed by atoms with van der Waals surface area (Å²) in [4.78, 5) is 24.9. The third kappa shape index (κ3) is 4.37. The maximum atomic E-state index is 12.1. The number of aliphatic hydroxyl groups excluding tert-OH is 1. The fourth-order valence-electron chi connectivity index (χ4n) is 2.49. The van der Waals surface area contributed by atoms with Gasteiger partial charge in [0.15, 0.2) is 0 Å². The van der Waals surface area contributed by atoms with Gasteiger partial charge in [0.25, 0.3) is 0 Å². The second-order valence-electron chi connectivity index (χ2n) is 5.72. The van der Waals surface area contributed by atoms with Crippen molar-refractivity contribution in [3.8, 4) is 0 Å². The van der Waals surface area contributed by atoms with E-state index in [1.165, 1.54) is 0 Å². The molecule has 3 unspecified atom stereocenters. The molecule has 1 aliphatic heterocycles. The number of carboxylic acids is 1. The first-order valence-electron chi connectivity index (χ1n) is 7.33. The Morgan fingerprint density at radius 3 is 2.25 bits per heavy atom. The first kappa shape index (κ1) is 16.8. The zero-order chi connectivity index (χ0) is 15.3. The molecule has 6 nitrogen and oxygen atoms in total. The monoisotopic (exact) mass is 286 g/mol. The standard InChI is InChI=1S/C14H26N2O4/c1-4-9(2)12(13(18)19)15-14(20)16-7-5-11(6-8-16)10(3)17/h9-12,17H,4-8H2,1-3H3,(H,15,20)(H,18,19). The molecule has 0 spiro atoms. The first-order chi connectivity index (χ1) is 9.36. The summed E-state index contributed by atoms with van der Waals surface area (Å²) < 4.78 is 0. The summed E-state index contributed by atoms with van der Waals surface area (Å²) in [5.74, 6) is -0.873. The lowest BCUT2D eigenvalue weighted by Crippen LogP contribution is -2.52. The Bertz CT molecular complexity index is 338. The Morgan fingerprint density at radius 2 is 1.85 bits per heavy atom. The summed E-state index contributed by atoms with van der Waals surface area (Å²) in [7, 11) is 0. The molecule has 1 aliphatic rings.